The molecule has 0 aliphatic carbocycles. The molecule has 4 aliphatic heterocycles. The van der Waals surface area contributed by atoms with E-state index in [0.717, 1.165) is 106 Å². The van der Waals surface area contributed by atoms with Gasteiger partial charge in [0, 0.05) is 97.4 Å². The summed E-state index contributed by atoms with van der Waals surface area (Å²) in [4.78, 5) is 14.6. The Bertz CT molecular complexity index is 2590. The van der Waals surface area contributed by atoms with Gasteiger partial charge in [-0.2, -0.15) is 10.5 Å². The van der Waals surface area contributed by atoms with E-state index in [4.69, 9.17) is 45.3 Å². The number of pyridine rings is 2. The van der Waals surface area contributed by atoms with Crippen LogP contribution in [0.2, 0.25) is 5.02 Å². The summed E-state index contributed by atoms with van der Waals surface area (Å²) in [7, 11) is 1.74. The van der Waals surface area contributed by atoms with Crippen LogP contribution in [0, 0.1) is 22.7 Å². The van der Waals surface area contributed by atoms with Crippen LogP contribution in [-0.4, -0.2) is 104 Å². The summed E-state index contributed by atoms with van der Waals surface area (Å²) in [6.07, 6.45) is 5.44. The highest BCUT2D eigenvalue weighted by atomic mass is 35.5. The maximum absolute atomic E-state index is 10.2. The molecule has 0 spiro atoms. The van der Waals surface area contributed by atoms with Gasteiger partial charge in [-0.15, -0.1) is 23.5 Å². The van der Waals surface area contributed by atoms with E-state index >= 15 is 0 Å². The van der Waals surface area contributed by atoms with Crippen molar-refractivity contribution in [3.8, 4) is 12.1 Å². The van der Waals surface area contributed by atoms with E-state index < -0.39 is 0 Å². The number of halogens is 1. The monoisotopic (exact) mass is 949 g/mol. The predicted molar refractivity (Wildman–Crippen MR) is 263 cm³/mol. The van der Waals surface area contributed by atoms with Crippen LogP contribution in [0.3, 0.4) is 0 Å². The summed E-state index contributed by atoms with van der Waals surface area (Å²) in [5, 5.41) is 23.9. The van der Waals surface area contributed by atoms with Crippen LogP contribution in [0.25, 0.3) is 10.9 Å². The Morgan fingerprint density at radius 1 is 0.727 bits per heavy atom. The smallest absolute Gasteiger partial charge is 0.135 e. The van der Waals surface area contributed by atoms with Gasteiger partial charge in [-0.3, -0.25) is 0 Å². The van der Waals surface area contributed by atoms with E-state index in [1.54, 1.807) is 30.6 Å². The van der Waals surface area contributed by atoms with Gasteiger partial charge in [0.2, 0.25) is 0 Å². The molecule has 66 heavy (non-hydrogen) atoms. The number of morpholine rings is 2. The summed E-state index contributed by atoms with van der Waals surface area (Å²) in [5.41, 5.74) is 8.89. The molecule has 0 atom stereocenters. The van der Waals surface area contributed by atoms with Crippen LogP contribution in [0.5, 0.6) is 0 Å². The molecular formula is C51H60ClN7O5S2. The Labute approximate surface area is 402 Å². The lowest BCUT2D eigenvalue weighted by atomic mass is 9.89. The Kier molecular flexibility index (Phi) is 15.8. The van der Waals surface area contributed by atoms with Gasteiger partial charge < -0.3 is 38.1 Å². The van der Waals surface area contributed by atoms with E-state index in [9.17, 15) is 10.5 Å². The van der Waals surface area contributed by atoms with Crippen molar-refractivity contribution in [1.29, 1.82) is 10.5 Å². The zero-order valence-corrected chi connectivity index (χ0v) is 41.2. The Balaban J connectivity index is 0.000000182. The first-order valence-corrected chi connectivity index (χ1v) is 25.2. The quantitative estimate of drug-likeness (QED) is 0.104. The van der Waals surface area contributed by atoms with Crippen LogP contribution >= 0.6 is 35.1 Å². The van der Waals surface area contributed by atoms with Crippen molar-refractivity contribution in [2.45, 2.75) is 94.4 Å². The molecule has 5 aromatic rings. The number of nitriles is 2. The number of fused-ring (bicyclic) bond motifs is 3. The zero-order valence-electron chi connectivity index (χ0n) is 38.8. The van der Waals surface area contributed by atoms with Crippen molar-refractivity contribution < 1.29 is 23.7 Å². The predicted octanol–water partition coefficient (Wildman–Crippen LogP) is 9.21. The molecule has 4 aliphatic rings. The summed E-state index contributed by atoms with van der Waals surface area (Å²) in [6, 6.07) is 21.4. The van der Waals surface area contributed by atoms with E-state index in [1.165, 1.54) is 22.0 Å². The van der Waals surface area contributed by atoms with Crippen molar-refractivity contribution >= 4 is 57.7 Å². The van der Waals surface area contributed by atoms with Crippen LogP contribution in [0.4, 0.5) is 11.6 Å². The number of rotatable bonds is 13. The van der Waals surface area contributed by atoms with Gasteiger partial charge in [-0.05, 0) is 81.0 Å². The van der Waals surface area contributed by atoms with Crippen LogP contribution in [0.1, 0.15) is 72.2 Å². The molecule has 2 aromatic carbocycles. The minimum atomic E-state index is -0.297. The third kappa shape index (κ3) is 11.3. The number of para-hydroxylation sites is 1. The molecule has 0 unspecified atom stereocenters. The fourth-order valence-electron chi connectivity index (χ4n) is 9.08. The molecule has 2 fully saturated rings. The second kappa shape index (κ2) is 21.7. The van der Waals surface area contributed by atoms with Crippen molar-refractivity contribution in [3.63, 3.8) is 0 Å². The van der Waals surface area contributed by atoms with Gasteiger partial charge >= 0.3 is 0 Å². The minimum Gasteiger partial charge on any atom is -0.383 e. The standard InChI is InChI=1S/C28H34N4O3S.C23H26ClN3O2S/c1-28(2)16-22-23(17-29)27(30-26(24(22)19-35-28)31-10-13-34-14-11-31)36-15-8-20-18-32(9-12-33-3)25-7-5-4-6-21(20)25;1-23(2)13-18-19(14-25)22(30-11-6-16-4-3-5-17(24)12-16)26-21(20(18)15-29-23)27-7-9-28-10-8-27/h4-7,18H,8-16,19H2,1-3H3;3-5,12H,6-11,13,15H2,1-2H3. The topological polar surface area (TPSA) is 131 Å². The Morgan fingerprint density at radius 3 is 1.80 bits per heavy atom. The van der Waals surface area contributed by atoms with Crippen LogP contribution in [-0.2, 0) is 69.1 Å². The van der Waals surface area contributed by atoms with E-state index in [0.29, 0.717) is 70.2 Å². The molecule has 7 heterocycles. The molecule has 9 rings (SSSR count). The molecule has 0 saturated carbocycles. The number of methoxy groups -OCH3 is 1. The Hall–Kier alpha value is -4.35. The highest BCUT2D eigenvalue weighted by Gasteiger charge is 2.35. The fourth-order valence-corrected chi connectivity index (χ4v) is 11.3. The van der Waals surface area contributed by atoms with Gasteiger partial charge in [0.15, 0.2) is 0 Å². The molecule has 0 amide bonds. The van der Waals surface area contributed by atoms with Crippen molar-refractivity contribution in [1.82, 2.24) is 14.5 Å². The molecule has 0 radical (unpaired) electrons. The van der Waals surface area contributed by atoms with Crippen molar-refractivity contribution in [3.05, 3.63) is 104 Å². The number of hydrogen-bond donors (Lipinski definition) is 0. The normalized spacial score (nSPS) is 17.6. The molecule has 3 aromatic heterocycles. The summed E-state index contributed by atoms with van der Waals surface area (Å²) < 4.78 is 30.9. The molecule has 0 N–H and O–H groups in total. The van der Waals surface area contributed by atoms with Crippen LogP contribution in [0.15, 0.2) is 64.8 Å². The lowest BCUT2D eigenvalue weighted by Gasteiger charge is -2.37. The SMILES string of the molecule is CC1(C)Cc2c(C#N)c(SCCc3cccc(Cl)c3)nc(N3CCOCC3)c2CO1.COCCn1cc(CCSc2nc(N3CCOCC3)c3c(c2C#N)CC(C)(C)OC3)c2ccccc21. The van der Waals surface area contributed by atoms with Gasteiger partial charge in [0.05, 0.1) is 68.6 Å². The average Bonchev–Trinajstić information content (AvgIpc) is 3.67. The highest BCUT2D eigenvalue weighted by Crippen LogP contribution is 2.41. The maximum Gasteiger partial charge on any atom is 0.135 e. The number of nitrogens with zero attached hydrogens (tertiary/aromatic N) is 7. The van der Waals surface area contributed by atoms with Gasteiger partial charge in [0.1, 0.15) is 33.8 Å². The number of hydrogen-bond acceptors (Lipinski definition) is 13. The fraction of sp³-hybridized carbons (Fsp3) is 0.490. The number of ether oxygens (including phenoxy) is 5. The number of thioether (sulfide) groups is 2. The number of anilines is 2. The Morgan fingerprint density at radius 2 is 1.27 bits per heavy atom. The summed E-state index contributed by atoms with van der Waals surface area (Å²) in [5.74, 6) is 3.60. The van der Waals surface area contributed by atoms with Gasteiger partial charge in [-0.1, -0.05) is 41.9 Å². The first kappa shape index (κ1) is 48.1. The highest BCUT2D eigenvalue weighted by molar-refractivity contribution is 7.99. The first-order chi connectivity index (χ1) is 32.0. The van der Waals surface area contributed by atoms with Gasteiger partial charge in [0.25, 0.3) is 0 Å². The number of benzene rings is 2. The van der Waals surface area contributed by atoms with Gasteiger partial charge in [-0.25, -0.2) is 9.97 Å². The molecule has 0 bridgehead atoms. The first-order valence-electron chi connectivity index (χ1n) is 22.9. The maximum atomic E-state index is 10.2. The minimum absolute atomic E-state index is 0.287. The zero-order chi connectivity index (χ0) is 46.3. The third-order valence-corrected chi connectivity index (χ3v) is 14.7. The number of aromatic nitrogens is 3. The average molecular weight is 951 g/mol. The van der Waals surface area contributed by atoms with E-state index in [-0.39, 0.29) is 11.2 Å². The van der Waals surface area contributed by atoms with Crippen LogP contribution < -0.4 is 9.80 Å². The second-order valence-electron chi connectivity index (χ2n) is 18.2. The number of aryl methyl sites for hydroxylation is 2. The largest absolute Gasteiger partial charge is 0.383 e. The van der Waals surface area contributed by atoms with Crippen molar-refractivity contribution in [2.24, 2.45) is 0 Å². The lowest BCUT2D eigenvalue weighted by molar-refractivity contribution is -0.0405. The molecular weight excluding hydrogens is 890 g/mol. The molecule has 12 nitrogen and oxygen atoms in total. The van der Waals surface area contributed by atoms with E-state index in [1.807, 2.05) is 18.2 Å². The van der Waals surface area contributed by atoms with E-state index in [2.05, 4.69) is 90.7 Å². The third-order valence-electron chi connectivity index (χ3n) is 12.5. The molecule has 15 heteroatoms. The molecule has 348 valence electrons. The lowest BCUT2D eigenvalue weighted by Crippen LogP contribution is -2.39. The molecule has 2 saturated heterocycles. The summed E-state index contributed by atoms with van der Waals surface area (Å²) >= 11 is 9.45. The summed E-state index contributed by atoms with van der Waals surface area (Å²) in [6.45, 7) is 16.8. The van der Waals surface area contributed by atoms with Crippen molar-refractivity contribution in [2.75, 3.05) is 87.6 Å². The second-order valence-corrected chi connectivity index (χ2v) is 20.8.